The van der Waals surface area contributed by atoms with Crippen molar-refractivity contribution in [1.82, 2.24) is 20.3 Å². The number of sulfone groups is 1. The zero-order chi connectivity index (χ0) is 28.0. The number of amides is 1. The molecule has 1 aliphatic rings. The minimum atomic E-state index is -3.56. The molecule has 1 aliphatic heterocycles. The number of pyridine rings is 1. The number of likely N-dealkylation sites (N-methyl/N-ethyl adjacent to an activating group) is 1. The highest BCUT2D eigenvalue weighted by Gasteiger charge is 2.31. The molecule has 12 nitrogen and oxygen atoms in total. The second-order valence-corrected chi connectivity index (χ2v) is 12.8. The Labute approximate surface area is 238 Å². The van der Waals surface area contributed by atoms with Crippen LogP contribution in [0.5, 0.6) is 5.88 Å². The van der Waals surface area contributed by atoms with Gasteiger partial charge in [-0.2, -0.15) is 0 Å². The number of aromatic nitrogens is 3. The van der Waals surface area contributed by atoms with E-state index in [-0.39, 0.29) is 23.8 Å². The fourth-order valence-corrected chi connectivity index (χ4v) is 6.73. The molecule has 210 valence electrons. The van der Waals surface area contributed by atoms with Crippen molar-refractivity contribution in [3.63, 3.8) is 0 Å². The van der Waals surface area contributed by atoms with Crippen LogP contribution in [0.1, 0.15) is 17.0 Å². The van der Waals surface area contributed by atoms with Gasteiger partial charge in [-0.1, -0.05) is 28.6 Å². The lowest BCUT2D eigenvalue weighted by molar-refractivity contribution is -0.110. The predicted molar refractivity (Wildman–Crippen MR) is 152 cm³/mol. The van der Waals surface area contributed by atoms with Crippen molar-refractivity contribution >= 4 is 59.6 Å². The summed E-state index contributed by atoms with van der Waals surface area (Å²) in [6, 6.07) is 9.47. The van der Waals surface area contributed by atoms with Crippen molar-refractivity contribution in [3.8, 4) is 5.88 Å². The first kappa shape index (κ1) is 28.0. The van der Waals surface area contributed by atoms with E-state index >= 15 is 0 Å². The SMILES string of the molecule is CNCCOc1ccc2nc(NC(=O)C(=NOCc3nccs3)c3ccc(S(=O)(=O)[C@H]4CCOC4)cc3)sc2n1. The van der Waals surface area contributed by atoms with Crippen molar-refractivity contribution in [3.05, 3.63) is 58.5 Å². The smallest absolute Gasteiger partial charge is 0.280 e. The third-order valence-electron chi connectivity index (χ3n) is 5.88. The fraction of sp³-hybridized carbons (Fsp3) is 0.320. The Morgan fingerprint density at radius 3 is 2.77 bits per heavy atom. The van der Waals surface area contributed by atoms with Crippen molar-refractivity contribution < 1.29 is 27.5 Å². The summed E-state index contributed by atoms with van der Waals surface area (Å²) in [5.41, 5.74) is 0.927. The van der Waals surface area contributed by atoms with E-state index in [9.17, 15) is 13.2 Å². The number of hydrogen-bond donors (Lipinski definition) is 2. The normalized spacial score (nSPS) is 15.8. The van der Waals surface area contributed by atoms with Gasteiger partial charge in [0.15, 0.2) is 27.3 Å². The Morgan fingerprint density at radius 2 is 2.05 bits per heavy atom. The molecule has 0 aliphatic carbocycles. The molecule has 0 spiro atoms. The number of ether oxygens (including phenoxy) is 2. The molecule has 5 rings (SSSR count). The van der Waals surface area contributed by atoms with E-state index < -0.39 is 21.0 Å². The van der Waals surface area contributed by atoms with Crippen LogP contribution in [0.2, 0.25) is 0 Å². The van der Waals surface area contributed by atoms with Crippen molar-refractivity contribution in [2.45, 2.75) is 23.2 Å². The van der Waals surface area contributed by atoms with Gasteiger partial charge in [0.25, 0.3) is 5.91 Å². The molecular formula is C25H26N6O6S3. The summed E-state index contributed by atoms with van der Waals surface area (Å²) in [7, 11) is -1.72. The summed E-state index contributed by atoms with van der Waals surface area (Å²) in [6.45, 7) is 1.81. The summed E-state index contributed by atoms with van der Waals surface area (Å²) in [5, 5.41) is 12.1. The molecule has 15 heteroatoms. The molecule has 1 fully saturated rings. The van der Waals surface area contributed by atoms with E-state index in [1.165, 1.54) is 46.9 Å². The Hall–Kier alpha value is -3.50. The van der Waals surface area contributed by atoms with Gasteiger partial charge >= 0.3 is 0 Å². The number of nitrogens with one attached hydrogen (secondary N) is 2. The lowest BCUT2D eigenvalue weighted by Crippen LogP contribution is -2.25. The van der Waals surface area contributed by atoms with Gasteiger partial charge in [0.05, 0.1) is 16.8 Å². The summed E-state index contributed by atoms with van der Waals surface area (Å²) in [6.07, 6.45) is 2.10. The lowest BCUT2D eigenvalue weighted by atomic mass is 10.1. The first-order valence-electron chi connectivity index (χ1n) is 12.3. The van der Waals surface area contributed by atoms with E-state index in [1.807, 2.05) is 12.4 Å². The molecule has 0 unspecified atom stereocenters. The molecule has 1 atom stereocenters. The molecule has 0 saturated carbocycles. The first-order chi connectivity index (χ1) is 19.4. The lowest BCUT2D eigenvalue weighted by Gasteiger charge is -2.11. The van der Waals surface area contributed by atoms with Crippen molar-refractivity contribution in [1.29, 1.82) is 0 Å². The standard InChI is InChI=1S/C25H26N6O6S3/c1-26-9-12-36-20-7-6-19-24(29-20)39-25(28-19)30-23(32)22(31-37-15-21-27-10-13-38-21)16-2-4-17(5-3-16)40(33,34)18-8-11-35-14-18/h2-7,10,13,18,26H,8-9,11-12,14-15H2,1H3,(H,28,30,32)/t18-/m0/s1. The number of hydrogen-bond acceptors (Lipinski definition) is 13. The molecule has 2 N–H and O–H groups in total. The largest absolute Gasteiger partial charge is 0.476 e. The van der Waals surface area contributed by atoms with Crippen LogP contribution in [-0.2, 0) is 30.8 Å². The van der Waals surface area contributed by atoms with Gasteiger partial charge < -0.3 is 19.6 Å². The van der Waals surface area contributed by atoms with E-state index in [4.69, 9.17) is 14.3 Å². The Bertz CT molecular complexity index is 1580. The number of nitrogens with zero attached hydrogens (tertiary/aromatic N) is 4. The average molecular weight is 603 g/mol. The minimum Gasteiger partial charge on any atom is -0.476 e. The molecular weight excluding hydrogens is 577 g/mol. The zero-order valence-electron chi connectivity index (χ0n) is 21.4. The van der Waals surface area contributed by atoms with Gasteiger partial charge in [-0.25, -0.2) is 23.4 Å². The highest BCUT2D eigenvalue weighted by atomic mass is 32.2. The highest BCUT2D eigenvalue weighted by Crippen LogP contribution is 2.27. The number of carbonyl (C=O) groups is 1. The van der Waals surface area contributed by atoms with Crippen LogP contribution in [-0.4, -0.2) is 73.7 Å². The molecule has 0 radical (unpaired) electrons. The van der Waals surface area contributed by atoms with Gasteiger partial charge in [-0.05, 0) is 31.7 Å². The summed E-state index contributed by atoms with van der Waals surface area (Å²) < 4.78 is 36.7. The summed E-state index contributed by atoms with van der Waals surface area (Å²) in [4.78, 5) is 32.6. The predicted octanol–water partition coefficient (Wildman–Crippen LogP) is 2.87. The van der Waals surface area contributed by atoms with Gasteiger partial charge in [-0.3, -0.25) is 10.1 Å². The van der Waals surface area contributed by atoms with E-state index in [2.05, 4.69) is 30.7 Å². The maximum Gasteiger partial charge on any atom is 0.280 e. The summed E-state index contributed by atoms with van der Waals surface area (Å²) in [5.74, 6) is -0.121. The van der Waals surface area contributed by atoms with Crippen LogP contribution < -0.4 is 15.4 Å². The third-order valence-corrected chi connectivity index (χ3v) is 9.69. The zero-order valence-corrected chi connectivity index (χ0v) is 23.9. The Morgan fingerprint density at radius 1 is 1.20 bits per heavy atom. The molecule has 1 amide bonds. The highest BCUT2D eigenvalue weighted by molar-refractivity contribution is 7.92. The number of anilines is 1. The van der Waals surface area contributed by atoms with E-state index in [1.54, 1.807) is 18.3 Å². The molecule has 4 heterocycles. The van der Waals surface area contributed by atoms with Gasteiger partial charge in [-0.15, -0.1) is 11.3 Å². The molecule has 3 aromatic heterocycles. The Kier molecular flexibility index (Phi) is 8.96. The number of benzene rings is 1. The number of rotatable bonds is 12. The number of oxime groups is 1. The average Bonchev–Trinajstić information content (AvgIpc) is 3.74. The first-order valence-corrected chi connectivity index (χ1v) is 15.5. The molecule has 4 aromatic rings. The number of thiazole rings is 2. The van der Waals surface area contributed by atoms with E-state index in [0.717, 1.165) is 0 Å². The fourth-order valence-electron chi connectivity index (χ4n) is 3.80. The monoisotopic (exact) mass is 602 g/mol. The second kappa shape index (κ2) is 12.8. The minimum absolute atomic E-state index is 0.0481. The molecule has 0 bridgehead atoms. The number of carbonyl (C=O) groups excluding carboxylic acids is 1. The quantitative estimate of drug-likeness (QED) is 0.141. The van der Waals surface area contributed by atoms with Crippen molar-refractivity contribution in [2.24, 2.45) is 5.16 Å². The Balaban J connectivity index is 1.36. The molecule has 40 heavy (non-hydrogen) atoms. The van der Waals surface area contributed by atoms with Crippen LogP contribution in [0.25, 0.3) is 10.3 Å². The van der Waals surface area contributed by atoms with Crippen LogP contribution in [0.4, 0.5) is 5.13 Å². The van der Waals surface area contributed by atoms with Crippen LogP contribution >= 0.6 is 22.7 Å². The van der Waals surface area contributed by atoms with Crippen LogP contribution in [0.15, 0.2) is 58.0 Å². The van der Waals surface area contributed by atoms with Gasteiger partial charge in [0, 0.05) is 36.4 Å². The maximum atomic E-state index is 13.4. The second-order valence-electron chi connectivity index (χ2n) is 8.59. The third kappa shape index (κ3) is 6.62. The molecule has 1 saturated heterocycles. The van der Waals surface area contributed by atoms with Gasteiger partial charge in [0.1, 0.15) is 22.0 Å². The van der Waals surface area contributed by atoms with Crippen LogP contribution in [0.3, 0.4) is 0 Å². The topological polar surface area (TPSA) is 154 Å². The van der Waals surface area contributed by atoms with E-state index in [0.29, 0.717) is 58.1 Å². The summed E-state index contributed by atoms with van der Waals surface area (Å²) >= 11 is 2.58. The van der Waals surface area contributed by atoms with Crippen molar-refractivity contribution in [2.75, 3.05) is 38.7 Å². The maximum absolute atomic E-state index is 13.4. The number of fused-ring (bicyclic) bond motifs is 1. The van der Waals surface area contributed by atoms with Gasteiger partial charge in [0.2, 0.25) is 5.88 Å². The van der Waals surface area contributed by atoms with Crippen LogP contribution in [0, 0.1) is 0 Å². The molecule has 1 aromatic carbocycles.